The van der Waals surface area contributed by atoms with Crippen molar-refractivity contribution in [3.63, 3.8) is 0 Å². The predicted molar refractivity (Wildman–Crippen MR) is 101 cm³/mol. The Morgan fingerprint density at radius 3 is 2.52 bits per heavy atom. The second-order valence-corrected chi connectivity index (χ2v) is 6.08. The van der Waals surface area contributed by atoms with Crippen LogP contribution in [-0.2, 0) is 0 Å². The fourth-order valence-electron chi connectivity index (χ4n) is 3.32. The van der Waals surface area contributed by atoms with Crippen molar-refractivity contribution in [1.82, 2.24) is 4.90 Å². The van der Waals surface area contributed by atoms with Crippen LogP contribution in [0.1, 0.15) is 24.8 Å². The molecule has 0 spiro atoms. The summed E-state index contributed by atoms with van der Waals surface area (Å²) in [4.78, 5) is 13.2. The number of para-hydroxylation sites is 2. The molecule has 1 aliphatic rings. The van der Waals surface area contributed by atoms with E-state index in [9.17, 15) is 10.1 Å². The van der Waals surface area contributed by atoms with Crippen molar-refractivity contribution < 1.29 is 9.66 Å². The van der Waals surface area contributed by atoms with Gasteiger partial charge in [-0.2, -0.15) is 0 Å². The van der Waals surface area contributed by atoms with Crippen LogP contribution in [-0.4, -0.2) is 35.6 Å². The number of nitro benzene ring substituents is 1. The third-order valence-corrected chi connectivity index (χ3v) is 4.65. The first-order chi connectivity index (χ1) is 11.7. The monoisotopic (exact) mass is 362 g/mol. The average molecular weight is 363 g/mol. The van der Waals surface area contributed by atoms with Crippen LogP contribution in [0.2, 0.25) is 0 Å². The second-order valence-electron chi connectivity index (χ2n) is 6.08. The molecule has 0 N–H and O–H groups in total. The molecule has 0 unspecified atom stereocenters. The highest BCUT2D eigenvalue weighted by molar-refractivity contribution is 5.85. The summed E-state index contributed by atoms with van der Waals surface area (Å²) in [6.07, 6.45) is 0.802. The van der Waals surface area contributed by atoms with Crippen LogP contribution < -0.4 is 4.74 Å². The molecule has 5 nitrogen and oxygen atoms in total. The van der Waals surface area contributed by atoms with Crippen molar-refractivity contribution in [1.29, 1.82) is 0 Å². The van der Waals surface area contributed by atoms with E-state index in [1.54, 1.807) is 18.2 Å². The number of ether oxygens (including phenoxy) is 1. The van der Waals surface area contributed by atoms with Gasteiger partial charge in [-0.1, -0.05) is 49.4 Å². The zero-order valence-corrected chi connectivity index (χ0v) is 15.0. The SMILES string of the molecule is CCN1CC[C@@H](Oc2ccccc2[N+](=O)[O-])[C@H](c2ccccc2)C1.Cl. The molecule has 134 valence electrons. The van der Waals surface area contributed by atoms with Crippen LogP contribution in [0.5, 0.6) is 5.75 Å². The molecule has 1 aliphatic heterocycles. The van der Waals surface area contributed by atoms with Gasteiger partial charge in [-0.15, -0.1) is 12.4 Å². The minimum Gasteiger partial charge on any atom is -0.483 e. The minimum atomic E-state index is -0.381. The molecule has 1 saturated heterocycles. The van der Waals surface area contributed by atoms with E-state index in [0.29, 0.717) is 5.75 Å². The van der Waals surface area contributed by atoms with Gasteiger partial charge in [0.15, 0.2) is 5.75 Å². The maximum atomic E-state index is 11.2. The Kier molecular flexibility index (Phi) is 6.79. The number of nitrogens with zero attached hydrogens (tertiary/aromatic N) is 2. The molecule has 0 bridgehead atoms. The minimum absolute atomic E-state index is 0. The first-order valence-electron chi connectivity index (χ1n) is 8.36. The normalized spacial score (nSPS) is 20.5. The van der Waals surface area contributed by atoms with E-state index in [2.05, 4.69) is 24.0 Å². The lowest BCUT2D eigenvalue weighted by Crippen LogP contribution is -2.44. The number of benzene rings is 2. The highest BCUT2D eigenvalue weighted by Crippen LogP contribution is 2.34. The number of nitro groups is 1. The Balaban J connectivity index is 0.00000225. The van der Waals surface area contributed by atoms with Crippen LogP contribution in [0, 0.1) is 10.1 Å². The molecule has 3 rings (SSSR count). The third-order valence-electron chi connectivity index (χ3n) is 4.65. The molecule has 2 aromatic carbocycles. The Morgan fingerprint density at radius 2 is 1.84 bits per heavy atom. The first-order valence-corrected chi connectivity index (χ1v) is 8.36. The van der Waals surface area contributed by atoms with E-state index in [0.717, 1.165) is 26.1 Å². The second kappa shape index (κ2) is 8.83. The molecule has 0 aromatic heterocycles. The molecule has 0 saturated carbocycles. The van der Waals surface area contributed by atoms with Gasteiger partial charge in [-0.05, 0) is 24.6 Å². The van der Waals surface area contributed by atoms with Gasteiger partial charge in [-0.3, -0.25) is 10.1 Å². The van der Waals surface area contributed by atoms with Gasteiger partial charge < -0.3 is 9.64 Å². The summed E-state index contributed by atoms with van der Waals surface area (Å²) in [6.45, 7) is 5.02. The maximum absolute atomic E-state index is 11.2. The van der Waals surface area contributed by atoms with Gasteiger partial charge in [0.05, 0.1) is 4.92 Å². The first kappa shape index (κ1) is 19.2. The fourth-order valence-corrected chi connectivity index (χ4v) is 3.32. The Bertz CT molecular complexity index is 696. The van der Waals surface area contributed by atoms with Crippen LogP contribution in [0.25, 0.3) is 0 Å². The fraction of sp³-hybridized carbons (Fsp3) is 0.368. The van der Waals surface area contributed by atoms with E-state index in [4.69, 9.17) is 4.74 Å². The van der Waals surface area contributed by atoms with Crippen molar-refractivity contribution in [2.45, 2.75) is 25.4 Å². The molecule has 0 aliphatic carbocycles. The molecule has 0 amide bonds. The summed E-state index contributed by atoms with van der Waals surface area (Å²) in [5.74, 6) is 0.568. The van der Waals surface area contributed by atoms with E-state index < -0.39 is 0 Å². The van der Waals surface area contributed by atoms with E-state index >= 15 is 0 Å². The number of piperidine rings is 1. The Morgan fingerprint density at radius 1 is 1.16 bits per heavy atom. The topological polar surface area (TPSA) is 55.6 Å². The van der Waals surface area contributed by atoms with Crippen LogP contribution >= 0.6 is 12.4 Å². The van der Waals surface area contributed by atoms with Gasteiger partial charge in [0.25, 0.3) is 0 Å². The van der Waals surface area contributed by atoms with Gasteiger partial charge in [-0.25, -0.2) is 0 Å². The summed E-state index contributed by atoms with van der Waals surface area (Å²) in [5, 5.41) is 11.2. The van der Waals surface area contributed by atoms with Crippen LogP contribution in [0.3, 0.4) is 0 Å². The predicted octanol–water partition coefficient (Wildman–Crippen LogP) is 4.27. The summed E-state index contributed by atoms with van der Waals surface area (Å²) < 4.78 is 6.14. The largest absolute Gasteiger partial charge is 0.483 e. The molecule has 2 atom stereocenters. The van der Waals surface area contributed by atoms with Gasteiger partial charge in [0, 0.05) is 25.1 Å². The highest BCUT2D eigenvalue weighted by atomic mass is 35.5. The Hall–Kier alpha value is -2.11. The van der Waals surface area contributed by atoms with Gasteiger partial charge >= 0.3 is 5.69 Å². The maximum Gasteiger partial charge on any atom is 0.310 e. The molecular weight excluding hydrogens is 340 g/mol. The van der Waals surface area contributed by atoms with Crippen molar-refractivity contribution in [2.75, 3.05) is 19.6 Å². The lowest BCUT2D eigenvalue weighted by atomic mass is 9.88. The number of likely N-dealkylation sites (N-methyl/N-ethyl adjacent to an activating group) is 1. The number of halogens is 1. The van der Waals surface area contributed by atoms with E-state index in [1.165, 1.54) is 11.6 Å². The number of hydrogen-bond acceptors (Lipinski definition) is 4. The molecule has 25 heavy (non-hydrogen) atoms. The number of hydrogen-bond donors (Lipinski definition) is 0. The lowest BCUT2D eigenvalue weighted by molar-refractivity contribution is -0.386. The van der Waals surface area contributed by atoms with E-state index in [-0.39, 0.29) is 35.0 Å². The summed E-state index contributed by atoms with van der Waals surface area (Å²) in [6, 6.07) is 16.9. The molecule has 0 radical (unpaired) electrons. The average Bonchev–Trinajstić information content (AvgIpc) is 2.63. The zero-order chi connectivity index (χ0) is 16.9. The van der Waals surface area contributed by atoms with Gasteiger partial charge in [0.2, 0.25) is 0 Å². The quantitative estimate of drug-likeness (QED) is 0.588. The number of likely N-dealkylation sites (tertiary alicyclic amines) is 1. The van der Waals surface area contributed by atoms with Crippen LogP contribution in [0.15, 0.2) is 54.6 Å². The van der Waals surface area contributed by atoms with Crippen molar-refractivity contribution in [3.8, 4) is 5.75 Å². The number of rotatable bonds is 5. The van der Waals surface area contributed by atoms with Crippen molar-refractivity contribution in [3.05, 3.63) is 70.3 Å². The molecular formula is C19H23ClN2O3. The standard InChI is InChI=1S/C19H22N2O3.ClH/c1-2-20-13-12-18(16(14-20)15-8-4-3-5-9-15)24-19-11-7-6-10-17(19)21(22)23;/h3-11,16,18H,2,12-14H2,1H3;1H/t16-,18+;/m0./s1. The summed E-state index contributed by atoms with van der Waals surface area (Å²) in [7, 11) is 0. The van der Waals surface area contributed by atoms with Gasteiger partial charge in [0.1, 0.15) is 6.10 Å². The smallest absolute Gasteiger partial charge is 0.310 e. The van der Waals surface area contributed by atoms with E-state index in [1.807, 2.05) is 18.2 Å². The van der Waals surface area contributed by atoms with Crippen molar-refractivity contribution >= 4 is 18.1 Å². The highest BCUT2D eigenvalue weighted by Gasteiger charge is 2.32. The lowest BCUT2D eigenvalue weighted by Gasteiger charge is -2.38. The molecule has 6 heteroatoms. The summed E-state index contributed by atoms with van der Waals surface area (Å²) >= 11 is 0. The molecule has 2 aromatic rings. The third kappa shape index (κ3) is 4.50. The zero-order valence-electron chi connectivity index (χ0n) is 14.2. The molecule has 1 heterocycles. The molecule has 1 fully saturated rings. The Labute approximate surface area is 154 Å². The van der Waals surface area contributed by atoms with Crippen molar-refractivity contribution in [2.24, 2.45) is 0 Å². The summed E-state index contributed by atoms with van der Waals surface area (Å²) in [5.41, 5.74) is 1.25. The van der Waals surface area contributed by atoms with Crippen LogP contribution in [0.4, 0.5) is 5.69 Å².